The summed E-state index contributed by atoms with van der Waals surface area (Å²) in [6.45, 7) is 0. The first-order valence-corrected chi connectivity index (χ1v) is 4.14. The summed E-state index contributed by atoms with van der Waals surface area (Å²) in [5.41, 5.74) is 4.46. The molecule has 1 aromatic heterocycles. The summed E-state index contributed by atoms with van der Waals surface area (Å²) in [6.07, 6.45) is -4.31. The van der Waals surface area contributed by atoms with E-state index in [1.54, 1.807) is 0 Å². The monoisotopic (exact) mass is 245 g/mol. The zero-order valence-corrected chi connectivity index (χ0v) is 7.48. The van der Waals surface area contributed by atoms with Gasteiger partial charge < -0.3 is 5.73 Å². The Hall–Kier alpha value is -0.230. The molecule has 1 rings (SSSR count). The smallest absolute Gasteiger partial charge is 0.391 e. The highest BCUT2D eigenvalue weighted by Crippen LogP contribution is 2.40. The van der Waals surface area contributed by atoms with E-state index in [0.717, 1.165) is 17.4 Å². The predicted molar refractivity (Wildman–Crippen MR) is 41.4 cm³/mol. The molecule has 0 unspecified atom stereocenters. The average molecular weight is 246 g/mol. The van der Waals surface area contributed by atoms with Crippen LogP contribution < -0.4 is 5.73 Å². The van der Waals surface area contributed by atoms with Gasteiger partial charge in [-0.2, -0.15) is 13.2 Å². The van der Waals surface area contributed by atoms with E-state index in [0.29, 0.717) is 0 Å². The molecule has 0 atom stereocenters. The average Bonchev–Trinajstić information content (AvgIpc) is 2.08. The van der Waals surface area contributed by atoms with E-state index in [1.807, 2.05) is 0 Å². The summed E-state index contributed by atoms with van der Waals surface area (Å²) in [4.78, 5) is 0. The van der Waals surface area contributed by atoms with Crippen molar-refractivity contribution in [2.45, 2.75) is 6.18 Å². The molecule has 0 fully saturated rings. The van der Waals surface area contributed by atoms with Gasteiger partial charge in [0.1, 0.15) is 0 Å². The Kier molecular flexibility index (Phi) is 2.15. The van der Waals surface area contributed by atoms with Gasteiger partial charge in [-0.15, -0.1) is 11.3 Å². The summed E-state index contributed by atoms with van der Waals surface area (Å²) in [6, 6.07) is 0.911. The van der Waals surface area contributed by atoms with E-state index in [9.17, 15) is 13.2 Å². The lowest BCUT2D eigenvalue weighted by atomic mass is 10.3. The van der Waals surface area contributed by atoms with E-state index in [4.69, 9.17) is 5.73 Å². The van der Waals surface area contributed by atoms with Crippen molar-refractivity contribution in [1.82, 2.24) is 0 Å². The van der Waals surface area contributed by atoms with E-state index in [2.05, 4.69) is 15.9 Å². The van der Waals surface area contributed by atoms with Crippen molar-refractivity contribution in [2.24, 2.45) is 0 Å². The van der Waals surface area contributed by atoms with Crippen LogP contribution in [0, 0.1) is 0 Å². The molecule has 0 saturated heterocycles. The van der Waals surface area contributed by atoms with E-state index >= 15 is 0 Å². The van der Waals surface area contributed by atoms with Crippen LogP contribution in [0.25, 0.3) is 0 Å². The number of thiophene rings is 1. The SMILES string of the molecule is Nc1cc(C(F)(F)F)c(Br)s1. The van der Waals surface area contributed by atoms with Crippen LogP contribution in [0.15, 0.2) is 9.85 Å². The first-order valence-electron chi connectivity index (χ1n) is 2.53. The number of nitrogen functional groups attached to an aromatic ring is 1. The van der Waals surface area contributed by atoms with Crippen molar-refractivity contribution >= 4 is 32.3 Å². The molecule has 2 N–H and O–H groups in total. The Balaban J connectivity index is 3.13. The number of hydrogen-bond donors (Lipinski definition) is 1. The molecule has 0 aliphatic heterocycles. The summed E-state index contributed by atoms with van der Waals surface area (Å²) in [5, 5.41) is 0.157. The molecule has 0 aliphatic rings. The van der Waals surface area contributed by atoms with Gasteiger partial charge in [-0.1, -0.05) is 0 Å². The highest BCUT2D eigenvalue weighted by molar-refractivity contribution is 9.11. The highest BCUT2D eigenvalue weighted by Gasteiger charge is 2.34. The lowest BCUT2D eigenvalue weighted by Crippen LogP contribution is -2.03. The van der Waals surface area contributed by atoms with Crippen LogP contribution in [-0.2, 0) is 6.18 Å². The molecule has 0 amide bonds. The highest BCUT2D eigenvalue weighted by atomic mass is 79.9. The third-order valence-corrected chi connectivity index (χ3v) is 2.68. The van der Waals surface area contributed by atoms with Gasteiger partial charge in [0.05, 0.1) is 14.4 Å². The summed E-state index contributed by atoms with van der Waals surface area (Å²) in [7, 11) is 0. The van der Waals surface area contributed by atoms with Gasteiger partial charge in [0.25, 0.3) is 0 Å². The maximum Gasteiger partial charge on any atom is 0.418 e. The van der Waals surface area contributed by atoms with Gasteiger partial charge in [-0.05, 0) is 22.0 Å². The van der Waals surface area contributed by atoms with Crippen LogP contribution in [0.5, 0.6) is 0 Å². The number of anilines is 1. The molecular formula is C5H3BrF3NS. The first kappa shape index (κ1) is 8.86. The second kappa shape index (κ2) is 2.67. The van der Waals surface area contributed by atoms with Crippen molar-refractivity contribution in [1.29, 1.82) is 0 Å². The Morgan fingerprint density at radius 1 is 1.45 bits per heavy atom. The second-order valence-corrected chi connectivity index (χ2v) is 4.24. The van der Waals surface area contributed by atoms with Crippen LogP contribution in [-0.4, -0.2) is 0 Å². The molecule has 1 aromatic rings. The number of alkyl halides is 3. The fourth-order valence-corrected chi connectivity index (χ4v) is 2.15. The molecular weight excluding hydrogens is 243 g/mol. The standard InChI is InChI=1S/C5H3BrF3NS/c6-4-2(5(7,8)9)1-3(10)11-4/h1H,10H2. The second-order valence-electron chi connectivity index (χ2n) is 1.83. The third kappa shape index (κ3) is 1.87. The minimum Gasteiger partial charge on any atom is -0.391 e. The molecule has 0 aromatic carbocycles. The predicted octanol–water partition coefficient (Wildman–Crippen LogP) is 3.11. The molecule has 0 spiro atoms. The normalized spacial score (nSPS) is 12.0. The Morgan fingerprint density at radius 2 is 2.00 bits per heavy atom. The summed E-state index contributed by atoms with van der Waals surface area (Å²) in [5.74, 6) is 0. The van der Waals surface area contributed by atoms with Crippen LogP contribution >= 0.6 is 27.3 Å². The van der Waals surface area contributed by atoms with Gasteiger partial charge in [0.15, 0.2) is 0 Å². The first-order chi connectivity index (χ1) is 4.91. The molecule has 1 nitrogen and oxygen atoms in total. The largest absolute Gasteiger partial charge is 0.418 e. The van der Waals surface area contributed by atoms with Crippen molar-refractivity contribution < 1.29 is 13.2 Å². The lowest BCUT2D eigenvalue weighted by Gasteiger charge is -2.02. The van der Waals surface area contributed by atoms with Crippen molar-refractivity contribution in [3.8, 4) is 0 Å². The van der Waals surface area contributed by atoms with Crippen LogP contribution in [0.4, 0.5) is 18.2 Å². The quantitative estimate of drug-likeness (QED) is 0.747. The topological polar surface area (TPSA) is 26.0 Å². The van der Waals surface area contributed by atoms with E-state index < -0.39 is 11.7 Å². The number of nitrogens with two attached hydrogens (primary N) is 1. The molecule has 6 heteroatoms. The molecule has 1 heterocycles. The van der Waals surface area contributed by atoms with Gasteiger partial charge in [0.2, 0.25) is 0 Å². The summed E-state index contributed by atoms with van der Waals surface area (Å²) < 4.78 is 36.0. The molecule has 0 saturated carbocycles. The minimum absolute atomic E-state index is 0.0301. The van der Waals surface area contributed by atoms with Crippen molar-refractivity contribution in [2.75, 3.05) is 5.73 Å². The fourth-order valence-electron chi connectivity index (χ4n) is 0.580. The van der Waals surface area contributed by atoms with Crippen LogP contribution in [0.2, 0.25) is 0 Å². The molecule has 0 bridgehead atoms. The zero-order valence-electron chi connectivity index (χ0n) is 5.07. The maximum absolute atomic E-state index is 12.0. The molecule has 0 radical (unpaired) electrons. The van der Waals surface area contributed by atoms with Gasteiger partial charge in [0, 0.05) is 0 Å². The minimum atomic E-state index is -4.31. The molecule has 11 heavy (non-hydrogen) atoms. The van der Waals surface area contributed by atoms with Crippen LogP contribution in [0.1, 0.15) is 5.56 Å². The van der Waals surface area contributed by atoms with Gasteiger partial charge >= 0.3 is 6.18 Å². The van der Waals surface area contributed by atoms with Gasteiger partial charge in [-0.3, -0.25) is 0 Å². The fraction of sp³-hybridized carbons (Fsp3) is 0.200. The van der Waals surface area contributed by atoms with Crippen molar-refractivity contribution in [3.05, 3.63) is 15.4 Å². The van der Waals surface area contributed by atoms with Crippen molar-refractivity contribution in [3.63, 3.8) is 0 Å². The maximum atomic E-state index is 12.0. The van der Waals surface area contributed by atoms with Gasteiger partial charge in [-0.25, -0.2) is 0 Å². The number of rotatable bonds is 0. The van der Waals surface area contributed by atoms with Crippen LogP contribution in [0.3, 0.4) is 0 Å². The number of hydrogen-bond acceptors (Lipinski definition) is 2. The zero-order chi connectivity index (χ0) is 8.65. The Bertz CT molecular complexity index is 267. The van der Waals surface area contributed by atoms with E-state index in [1.165, 1.54) is 0 Å². The lowest BCUT2D eigenvalue weighted by molar-refractivity contribution is -0.137. The number of halogens is 4. The third-order valence-electron chi connectivity index (χ3n) is 1.01. The Morgan fingerprint density at radius 3 is 2.18 bits per heavy atom. The van der Waals surface area contributed by atoms with E-state index in [-0.39, 0.29) is 8.79 Å². The summed E-state index contributed by atoms with van der Waals surface area (Å²) >= 11 is 3.64. The molecule has 62 valence electrons. The Labute approximate surface area is 73.1 Å². The molecule has 0 aliphatic carbocycles.